The van der Waals surface area contributed by atoms with Crippen LogP contribution in [0.15, 0.2) is 59.1 Å². The molecular formula is C14H11BrO2. The predicted molar refractivity (Wildman–Crippen MR) is 71.0 cm³/mol. The Morgan fingerprint density at radius 2 is 2.06 bits per heavy atom. The molecule has 2 rings (SSSR count). The number of halogens is 1. The Hall–Kier alpha value is -1.45. The third-order valence-electron chi connectivity index (χ3n) is 2.80. The second-order valence-electron chi connectivity index (χ2n) is 3.68. The lowest BCUT2D eigenvalue weighted by Crippen LogP contribution is -2.18. The van der Waals surface area contributed by atoms with Crippen molar-refractivity contribution >= 4 is 21.7 Å². The van der Waals surface area contributed by atoms with Crippen LogP contribution in [0.3, 0.4) is 0 Å². The summed E-state index contributed by atoms with van der Waals surface area (Å²) in [4.78, 5) is 13.8. The standard InChI is InChI=1S/C14H11BrO2/c1-2-9-12(7-8-15)14(17)11-6-4-3-5-10(11)13(9)16/h2-8,13,16H,1H2/b8-7+. The van der Waals surface area contributed by atoms with Gasteiger partial charge in [-0.1, -0.05) is 52.9 Å². The van der Waals surface area contributed by atoms with Crippen LogP contribution in [-0.2, 0) is 0 Å². The third-order valence-corrected chi connectivity index (χ3v) is 3.06. The van der Waals surface area contributed by atoms with Crippen molar-refractivity contribution in [1.82, 2.24) is 0 Å². The van der Waals surface area contributed by atoms with Gasteiger partial charge < -0.3 is 5.11 Å². The normalized spacial score (nSPS) is 19.6. The Balaban J connectivity index is 2.68. The molecule has 1 aliphatic rings. The Kier molecular flexibility index (Phi) is 3.41. The maximum Gasteiger partial charge on any atom is 0.193 e. The largest absolute Gasteiger partial charge is 0.384 e. The molecular weight excluding hydrogens is 280 g/mol. The average Bonchev–Trinajstić information content (AvgIpc) is 2.36. The van der Waals surface area contributed by atoms with Crippen molar-refractivity contribution in [3.63, 3.8) is 0 Å². The Morgan fingerprint density at radius 1 is 1.35 bits per heavy atom. The summed E-state index contributed by atoms with van der Waals surface area (Å²) in [7, 11) is 0. The van der Waals surface area contributed by atoms with Crippen LogP contribution in [0.25, 0.3) is 0 Å². The smallest absolute Gasteiger partial charge is 0.193 e. The summed E-state index contributed by atoms with van der Waals surface area (Å²) in [6, 6.07) is 7.08. The number of carbonyl (C=O) groups is 1. The van der Waals surface area contributed by atoms with E-state index in [4.69, 9.17) is 0 Å². The second kappa shape index (κ2) is 4.82. The lowest BCUT2D eigenvalue weighted by molar-refractivity contribution is 0.102. The van der Waals surface area contributed by atoms with Gasteiger partial charge in [-0.15, -0.1) is 0 Å². The number of allylic oxidation sites excluding steroid dienone is 2. The first kappa shape index (κ1) is 12.0. The number of ketones is 1. The second-order valence-corrected chi connectivity index (χ2v) is 4.21. The molecule has 0 aliphatic heterocycles. The minimum atomic E-state index is -0.792. The average molecular weight is 291 g/mol. The van der Waals surface area contributed by atoms with E-state index in [9.17, 15) is 9.90 Å². The van der Waals surface area contributed by atoms with Gasteiger partial charge >= 0.3 is 0 Å². The SMILES string of the molecule is C=CC1=C(/C=C/Br)C(=O)c2ccccc2C1O. The van der Waals surface area contributed by atoms with Crippen LogP contribution >= 0.6 is 15.9 Å². The van der Waals surface area contributed by atoms with Gasteiger partial charge in [0, 0.05) is 11.1 Å². The number of hydrogen-bond acceptors (Lipinski definition) is 2. The molecule has 0 saturated carbocycles. The van der Waals surface area contributed by atoms with Gasteiger partial charge in [0.1, 0.15) is 6.10 Å². The monoisotopic (exact) mass is 290 g/mol. The van der Waals surface area contributed by atoms with Crippen LogP contribution in [0.2, 0.25) is 0 Å². The maximum absolute atomic E-state index is 12.2. The van der Waals surface area contributed by atoms with Crippen molar-refractivity contribution in [3.8, 4) is 0 Å². The fourth-order valence-electron chi connectivity index (χ4n) is 1.99. The van der Waals surface area contributed by atoms with Crippen LogP contribution in [0.4, 0.5) is 0 Å². The highest BCUT2D eigenvalue weighted by molar-refractivity contribution is 9.11. The van der Waals surface area contributed by atoms with E-state index in [0.717, 1.165) is 0 Å². The summed E-state index contributed by atoms with van der Waals surface area (Å²) in [5, 5.41) is 10.2. The van der Waals surface area contributed by atoms with E-state index in [-0.39, 0.29) is 5.78 Å². The number of Topliss-reactive ketones (excluding diaryl/α,β-unsaturated/α-hetero) is 1. The minimum absolute atomic E-state index is 0.0866. The first-order valence-corrected chi connectivity index (χ1v) is 6.07. The van der Waals surface area contributed by atoms with Crippen LogP contribution in [-0.4, -0.2) is 10.9 Å². The summed E-state index contributed by atoms with van der Waals surface area (Å²) in [5.41, 5.74) is 2.21. The molecule has 0 radical (unpaired) electrons. The molecule has 1 aromatic carbocycles. The van der Waals surface area contributed by atoms with Crippen molar-refractivity contribution in [2.45, 2.75) is 6.10 Å². The number of benzene rings is 1. The van der Waals surface area contributed by atoms with Gasteiger partial charge in [0.05, 0.1) is 0 Å². The van der Waals surface area contributed by atoms with Crippen molar-refractivity contribution in [2.75, 3.05) is 0 Å². The summed E-state index contributed by atoms with van der Waals surface area (Å²) in [6.45, 7) is 3.66. The van der Waals surface area contributed by atoms with Gasteiger partial charge in [0.15, 0.2) is 5.78 Å². The topological polar surface area (TPSA) is 37.3 Å². The van der Waals surface area contributed by atoms with Gasteiger partial charge in [0.2, 0.25) is 0 Å². The molecule has 0 aromatic heterocycles. The quantitative estimate of drug-likeness (QED) is 0.907. The first-order chi connectivity index (χ1) is 8.20. The molecule has 1 unspecified atom stereocenters. The van der Waals surface area contributed by atoms with E-state index in [1.165, 1.54) is 6.08 Å². The van der Waals surface area contributed by atoms with Crippen LogP contribution < -0.4 is 0 Å². The summed E-state index contributed by atoms with van der Waals surface area (Å²) in [5.74, 6) is -0.0866. The molecule has 0 fully saturated rings. The van der Waals surface area contributed by atoms with Crippen molar-refractivity contribution in [3.05, 3.63) is 70.3 Å². The number of aliphatic hydroxyl groups is 1. The Morgan fingerprint density at radius 3 is 2.71 bits per heavy atom. The molecule has 86 valence electrons. The number of fused-ring (bicyclic) bond motifs is 1. The Labute approximate surface area is 108 Å². The zero-order chi connectivity index (χ0) is 12.4. The molecule has 3 heteroatoms. The van der Waals surface area contributed by atoms with Crippen molar-refractivity contribution in [2.24, 2.45) is 0 Å². The molecule has 0 bridgehead atoms. The van der Waals surface area contributed by atoms with Gasteiger partial charge in [-0.2, -0.15) is 0 Å². The number of hydrogen-bond donors (Lipinski definition) is 1. The molecule has 1 aromatic rings. The molecule has 1 aliphatic carbocycles. The number of rotatable bonds is 2. The van der Waals surface area contributed by atoms with Crippen LogP contribution in [0.1, 0.15) is 22.0 Å². The van der Waals surface area contributed by atoms with E-state index in [0.29, 0.717) is 22.3 Å². The number of carbonyl (C=O) groups excluding carboxylic acids is 1. The maximum atomic E-state index is 12.2. The molecule has 0 saturated heterocycles. The highest BCUT2D eigenvalue weighted by atomic mass is 79.9. The fourth-order valence-corrected chi connectivity index (χ4v) is 2.25. The first-order valence-electron chi connectivity index (χ1n) is 5.15. The Bertz CT molecular complexity index is 541. The molecule has 0 amide bonds. The zero-order valence-electron chi connectivity index (χ0n) is 9.06. The highest BCUT2D eigenvalue weighted by Gasteiger charge is 2.29. The third kappa shape index (κ3) is 1.92. The minimum Gasteiger partial charge on any atom is -0.384 e. The van der Waals surface area contributed by atoms with E-state index >= 15 is 0 Å². The lowest BCUT2D eigenvalue weighted by Gasteiger charge is -2.23. The summed E-state index contributed by atoms with van der Waals surface area (Å²) < 4.78 is 0. The fraction of sp³-hybridized carbons (Fsp3) is 0.0714. The zero-order valence-corrected chi connectivity index (χ0v) is 10.6. The van der Waals surface area contributed by atoms with Gasteiger partial charge in [0.25, 0.3) is 0 Å². The molecule has 2 nitrogen and oxygen atoms in total. The van der Waals surface area contributed by atoms with E-state index in [2.05, 4.69) is 22.5 Å². The summed E-state index contributed by atoms with van der Waals surface area (Å²) >= 11 is 3.15. The highest BCUT2D eigenvalue weighted by Crippen LogP contribution is 2.35. The van der Waals surface area contributed by atoms with Gasteiger partial charge in [-0.05, 0) is 22.2 Å². The number of aliphatic hydroxyl groups excluding tert-OH is 1. The van der Waals surface area contributed by atoms with Gasteiger partial charge in [-0.25, -0.2) is 0 Å². The van der Waals surface area contributed by atoms with E-state index in [1.54, 1.807) is 35.3 Å². The molecule has 0 spiro atoms. The van der Waals surface area contributed by atoms with E-state index in [1.807, 2.05) is 0 Å². The van der Waals surface area contributed by atoms with Crippen LogP contribution in [0.5, 0.6) is 0 Å². The molecule has 1 atom stereocenters. The van der Waals surface area contributed by atoms with Crippen LogP contribution in [0, 0.1) is 0 Å². The molecule has 0 heterocycles. The summed E-state index contributed by atoms with van der Waals surface area (Å²) in [6.07, 6.45) is 2.37. The molecule has 17 heavy (non-hydrogen) atoms. The van der Waals surface area contributed by atoms with E-state index < -0.39 is 6.10 Å². The molecule has 1 N–H and O–H groups in total. The van der Waals surface area contributed by atoms with Crippen molar-refractivity contribution < 1.29 is 9.90 Å². The van der Waals surface area contributed by atoms with Crippen molar-refractivity contribution in [1.29, 1.82) is 0 Å². The van der Waals surface area contributed by atoms with Gasteiger partial charge in [-0.3, -0.25) is 4.79 Å². The predicted octanol–water partition coefficient (Wildman–Crippen LogP) is 3.31. The lowest BCUT2D eigenvalue weighted by atomic mass is 9.83.